The van der Waals surface area contributed by atoms with Crippen LogP contribution in [0.15, 0.2) is 48.7 Å². The van der Waals surface area contributed by atoms with Gasteiger partial charge in [-0.25, -0.2) is 0 Å². The number of aromatic nitrogens is 1. The van der Waals surface area contributed by atoms with Gasteiger partial charge in [0.05, 0.1) is 0 Å². The Kier molecular flexibility index (Phi) is 10.3. The molecule has 0 radical (unpaired) electrons. The third kappa shape index (κ3) is 6.53. The molecular weight excluding hydrogens is 370 g/mol. The smallest absolute Gasteiger partial charge is 0.272 e. The second kappa shape index (κ2) is 13.0. The van der Waals surface area contributed by atoms with Gasteiger partial charge in [-0.15, -0.1) is 0 Å². The van der Waals surface area contributed by atoms with Gasteiger partial charge in [-0.2, -0.15) is 0 Å². The van der Waals surface area contributed by atoms with Gasteiger partial charge < -0.3 is 10.6 Å². The first-order valence-electron chi connectivity index (χ1n) is 11.4. The predicted molar refractivity (Wildman–Crippen MR) is 129 cm³/mol. The van der Waals surface area contributed by atoms with Gasteiger partial charge in [0.15, 0.2) is 0 Å². The number of benzene rings is 1. The standard InChI is InChI=1S/C26H37N3O.H2/c1-4-7-15-24(23-16-11-10-14-21(23)13-9-8-12-19-27)22-17-18-25(28-20-22)26(30)29(5-2)6-3;/h10-11,14-18,20H,4-9,12-13,19,27H2,1-3H3;1H/b24-15-;. The van der Waals surface area contributed by atoms with Crippen LogP contribution >= 0.6 is 0 Å². The lowest BCUT2D eigenvalue weighted by atomic mass is 9.91. The van der Waals surface area contributed by atoms with E-state index in [1.165, 1.54) is 16.7 Å². The fourth-order valence-electron chi connectivity index (χ4n) is 3.66. The number of hydrogen-bond donors (Lipinski definition) is 1. The zero-order valence-electron chi connectivity index (χ0n) is 18.9. The Morgan fingerprint density at radius 3 is 2.47 bits per heavy atom. The van der Waals surface area contributed by atoms with Crippen molar-refractivity contribution in [1.29, 1.82) is 0 Å². The lowest BCUT2D eigenvalue weighted by Gasteiger charge is -2.18. The van der Waals surface area contributed by atoms with E-state index in [4.69, 9.17) is 5.73 Å². The summed E-state index contributed by atoms with van der Waals surface area (Å²) in [6.07, 6.45) is 10.7. The minimum Gasteiger partial charge on any atom is -0.338 e. The molecule has 0 spiro atoms. The number of pyridine rings is 1. The molecular formula is C26H39N3O. The topological polar surface area (TPSA) is 59.2 Å². The van der Waals surface area contributed by atoms with Crippen molar-refractivity contribution in [3.8, 4) is 0 Å². The fourth-order valence-corrected chi connectivity index (χ4v) is 3.66. The van der Waals surface area contributed by atoms with Crippen LogP contribution in [0, 0.1) is 0 Å². The summed E-state index contributed by atoms with van der Waals surface area (Å²) in [5.74, 6) is -0.00839. The van der Waals surface area contributed by atoms with Crippen molar-refractivity contribution >= 4 is 11.5 Å². The molecule has 0 bridgehead atoms. The van der Waals surface area contributed by atoms with E-state index in [9.17, 15) is 4.79 Å². The van der Waals surface area contributed by atoms with Crippen molar-refractivity contribution in [2.45, 2.75) is 59.3 Å². The molecule has 0 saturated heterocycles. The van der Waals surface area contributed by atoms with Crippen LogP contribution in [-0.4, -0.2) is 35.4 Å². The Labute approximate surface area is 183 Å². The second-order valence-electron chi connectivity index (χ2n) is 7.57. The highest BCUT2D eigenvalue weighted by atomic mass is 16.2. The van der Waals surface area contributed by atoms with E-state index in [0.717, 1.165) is 50.6 Å². The summed E-state index contributed by atoms with van der Waals surface area (Å²) in [5.41, 5.74) is 11.1. The molecule has 0 fully saturated rings. The molecule has 1 amide bonds. The van der Waals surface area contributed by atoms with Crippen molar-refractivity contribution in [3.63, 3.8) is 0 Å². The van der Waals surface area contributed by atoms with E-state index in [-0.39, 0.29) is 7.33 Å². The van der Waals surface area contributed by atoms with Crippen LogP contribution in [-0.2, 0) is 6.42 Å². The number of nitrogens with two attached hydrogens (primary N) is 1. The van der Waals surface area contributed by atoms with E-state index < -0.39 is 0 Å². The Hall–Kier alpha value is -2.46. The number of allylic oxidation sites excluding steroid dienone is 1. The fraction of sp³-hybridized carbons (Fsp3) is 0.462. The van der Waals surface area contributed by atoms with Gasteiger partial charge in [0, 0.05) is 26.3 Å². The van der Waals surface area contributed by atoms with Crippen LogP contribution in [0.3, 0.4) is 0 Å². The van der Waals surface area contributed by atoms with Crippen LogP contribution in [0.25, 0.3) is 5.57 Å². The molecule has 1 heterocycles. The Balaban J connectivity index is 0.00000480. The number of unbranched alkanes of at least 4 members (excludes halogenated alkanes) is 3. The molecule has 0 atom stereocenters. The molecule has 0 aliphatic carbocycles. The summed E-state index contributed by atoms with van der Waals surface area (Å²) < 4.78 is 0. The Bertz CT molecular complexity index is 814. The average Bonchev–Trinajstić information content (AvgIpc) is 2.79. The first-order chi connectivity index (χ1) is 14.7. The lowest BCUT2D eigenvalue weighted by Crippen LogP contribution is -2.31. The molecule has 0 aliphatic rings. The van der Waals surface area contributed by atoms with Crippen molar-refractivity contribution in [2.75, 3.05) is 19.6 Å². The van der Waals surface area contributed by atoms with Gasteiger partial charge in [0.1, 0.15) is 5.69 Å². The zero-order valence-corrected chi connectivity index (χ0v) is 18.9. The maximum atomic E-state index is 12.6. The van der Waals surface area contributed by atoms with E-state index in [2.05, 4.69) is 42.2 Å². The van der Waals surface area contributed by atoms with Gasteiger partial charge in [-0.3, -0.25) is 9.78 Å². The van der Waals surface area contributed by atoms with Gasteiger partial charge in [0.2, 0.25) is 0 Å². The normalized spacial score (nSPS) is 11.5. The van der Waals surface area contributed by atoms with Gasteiger partial charge in [0.25, 0.3) is 5.91 Å². The van der Waals surface area contributed by atoms with Gasteiger partial charge >= 0.3 is 0 Å². The van der Waals surface area contributed by atoms with E-state index >= 15 is 0 Å². The summed E-state index contributed by atoms with van der Waals surface area (Å²) in [7, 11) is 0. The molecule has 2 aromatic rings. The highest BCUT2D eigenvalue weighted by molar-refractivity contribution is 5.92. The number of hydrogen-bond acceptors (Lipinski definition) is 3. The first-order valence-corrected chi connectivity index (χ1v) is 11.4. The summed E-state index contributed by atoms with van der Waals surface area (Å²) in [6, 6.07) is 12.5. The number of carbonyl (C=O) groups is 1. The summed E-state index contributed by atoms with van der Waals surface area (Å²) in [5, 5.41) is 0. The van der Waals surface area contributed by atoms with Crippen LogP contribution in [0.2, 0.25) is 0 Å². The van der Waals surface area contributed by atoms with E-state index in [0.29, 0.717) is 18.8 Å². The number of aryl methyl sites for hydroxylation is 1. The maximum absolute atomic E-state index is 12.6. The molecule has 0 unspecified atom stereocenters. The summed E-state index contributed by atoms with van der Waals surface area (Å²) >= 11 is 0. The minimum absolute atomic E-state index is 0. The number of nitrogens with zero attached hydrogens (tertiary/aromatic N) is 2. The molecule has 30 heavy (non-hydrogen) atoms. The Morgan fingerprint density at radius 2 is 1.83 bits per heavy atom. The molecule has 0 aliphatic heterocycles. The molecule has 1 aromatic carbocycles. The summed E-state index contributed by atoms with van der Waals surface area (Å²) in [6.45, 7) is 8.32. The average molecular weight is 410 g/mol. The van der Waals surface area contributed by atoms with Gasteiger partial charge in [-0.05, 0) is 68.8 Å². The van der Waals surface area contributed by atoms with E-state index in [1.54, 1.807) is 4.90 Å². The molecule has 4 heteroatoms. The highest BCUT2D eigenvalue weighted by Crippen LogP contribution is 2.28. The van der Waals surface area contributed by atoms with Crippen LogP contribution in [0.4, 0.5) is 0 Å². The van der Waals surface area contributed by atoms with Crippen LogP contribution in [0.5, 0.6) is 0 Å². The van der Waals surface area contributed by atoms with Gasteiger partial charge in [-0.1, -0.05) is 56.2 Å². The van der Waals surface area contributed by atoms with Crippen molar-refractivity contribution in [2.24, 2.45) is 5.73 Å². The number of amides is 1. The SMILES string of the molecule is CCC/C=C(/c1ccc(C(=O)N(CC)CC)nc1)c1ccccc1CCCCCN.[HH]. The molecule has 0 saturated carbocycles. The molecule has 2 N–H and O–H groups in total. The maximum Gasteiger partial charge on any atom is 0.272 e. The molecule has 164 valence electrons. The minimum atomic E-state index is -0.00839. The molecule has 1 aromatic heterocycles. The monoisotopic (exact) mass is 409 g/mol. The first kappa shape index (κ1) is 23.8. The molecule has 2 rings (SSSR count). The third-order valence-corrected chi connectivity index (χ3v) is 5.44. The van der Waals surface area contributed by atoms with Crippen molar-refractivity contribution in [1.82, 2.24) is 9.88 Å². The third-order valence-electron chi connectivity index (χ3n) is 5.44. The zero-order chi connectivity index (χ0) is 21.8. The molecule has 4 nitrogen and oxygen atoms in total. The summed E-state index contributed by atoms with van der Waals surface area (Å²) in [4.78, 5) is 18.9. The van der Waals surface area contributed by atoms with Crippen LogP contribution in [0.1, 0.15) is 81.5 Å². The number of rotatable bonds is 12. The number of carbonyl (C=O) groups excluding carboxylic acids is 1. The van der Waals surface area contributed by atoms with Crippen LogP contribution < -0.4 is 5.73 Å². The second-order valence-corrected chi connectivity index (χ2v) is 7.57. The lowest BCUT2D eigenvalue weighted by molar-refractivity contribution is 0.0767. The van der Waals surface area contributed by atoms with Crippen molar-refractivity contribution < 1.29 is 6.22 Å². The quantitative estimate of drug-likeness (QED) is 0.457. The Morgan fingerprint density at radius 1 is 1.07 bits per heavy atom. The van der Waals surface area contributed by atoms with Crippen molar-refractivity contribution in [3.05, 3.63) is 71.1 Å². The highest BCUT2D eigenvalue weighted by Gasteiger charge is 2.15. The van der Waals surface area contributed by atoms with E-state index in [1.807, 2.05) is 32.2 Å². The largest absolute Gasteiger partial charge is 0.338 e. The predicted octanol–water partition coefficient (Wildman–Crippen LogP) is 5.71.